The third-order valence-corrected chi connectivity index (χ3v) is 2.87. The highest BCUT2D eigenvalue weighted by Gasteiger charge is 2.20. The van der Waals surface area contributed by atoms with Gasteiger partial charge < -0.3 is 4.90 Å². The van der Waals surface area contributed by atoms with E-state index >= 15 is 0 Å². The van der Waals surface area contributed by atoms with Crippen LogP contribution in [0.3, 0.4) is 0 Å². The van der Waals surface area contributed by atoms with Gasteiger partial charge >= 0.3 is 0 Å². The molecule has 1 rings (SSSR count). The Hall–Kier alpha value is -0.560. The minimum atomic E-state index is 0.253. The highest BCUT2D eigenvalue weighted by atomic mass is 15.1. The van der Waals surface area contributed by atoms with Crippen LogP contribution in [-0.4, -0.2) is 25.0 Å². The van der Waals surface area contributed by atoms with Gasteiger partial charge in [0.1, 0.15) is 0 Å². The molecule has 0 radical (unpaired) electrons. The zero-order valence-corrected chi connectivity index (χ0v) is 9.41. The molecule has 0 aromatic heterocycles. The number of hydrogen-bond donors (Lipinski definition) is 0. The molecular weight excluding hydrogens is 158 g/mol. The van der Waals surface area contributed by atoms with Crippen molar-refractivity contribution in [3.05, 3.63) is 24.3 Å². The van der Waals surface area contributed by atoms with Gasteiger partial charge in [0.15, 0.2) is 0 Å². The summed E-state index contributed by atoms with van der Waals surface area (Å²) in [4.78, 5) is 2.26. The zero-order valence-electron chi connectivity index (χ0n) is 9.41. The van der Waals surface area contributed by atoms with E-state index in [1.807, 2.05) is 0 Å². The molecule has 1 heteroatoms. The largest absolute Gasteiger partial charge is 0.306 e. The van der Waals surface area contributed by atoms with Gasteiger partial charge in [-0.2, -0.15) is 0 Å². The van der Waals surface area contributed by atoms with Crippen LogP contribution in [0, 0.1) is 11.3 Å². The van der Waals surface area contributed by atoms with Gasteiger partial charge in [0.25, 0.3) is 0 Å². The molecule has 0 amide bonds. The molecule has 0 aromatic carbocycles. The normalized spacial score (nSPS) is 23.8. The van der Waals surface area contributed by atoms with Crippen LogP contribution in [0.2, 0.25) is 0 Å². The highest BCUT2D eigenvalue weighted by molar-refractivity contribution is 5.19. The fourth-order valence-corrected chi connectivity index (χ4v) is 1.50. The maximum atomic E-state index is 2.32. The van der Waals surface area contributed by atoms with Gasteiger partial charge in [-0.15, -0.1) is 0 Å². The summed E-state index contributed by atoms with van der Waals surface area (Å²) in [6, 6.07) is 0.587. The Balaban J connectivity index is 2.64. The Kier molecular flexibility index (Phi) is 2.97. The fourth-order valence-electron chi connectivity index (χ4n) is 1.50. The van der Waals surface area contributed by atoms with E-state index < -0.39 is 0 Å². The van der Waals surface area contributed by atoms with E-state index in [1.165, 1.54) is 0 Å². The van der Waals surface area contributed by atoms with Crippen molar-refractivity contribution in [3.63, 3.8) is 0 Å². The first-order valence-electron chi connectivity index (χ1n) is 4.97. The molecule has 0 saturated carbocycles. The van der Waals surface area contributed by atoms with Crippen LogP contribution >= 0.6 is 0 Å². The summed E-state index contributed by atoms with van der Waals surface area (Å²) in [6.45, 7) is 6.73. The number of allylic oxidation sites excluding steroid dienone is 2. The van der Waals surface area contributed by atoms with E-state index in [2.05, 4.69) is 64.1 Å². The average molecular weight is 179 g/mol. The quantitative estimate of drug-likeness (QED) is 0.589. The van der Waals surface area contributed by atoms with Crippen LogP contribution in [-0.2, 0) is 0 Å². The van der Waals surface area contributed by atoms with Crippen LogP contribution in [0.25, 0.3) is 0 Å². The predicted octanol–water partition coefficient (Wildman–Crippen LogP) is 2.70. The van der Waals surface area contributed by atoms with E-state index in [1.54, 1.807) is 0 Å². The maximum Gasteiger partial charge on any atom is 0.0158 e. The third-order valence-electron chi connectivity index (χ3n) is 2.87. The molecule has 1 aliphatic rings. The topological polar surface area (TPSA) is 3.24 Å². The monoisotopic (exact) mass is 179 g/mol. The molecule has 13 heavy (non-hydrogen) atoms. The molecule has 0 bridgehead atoms. The van der Waals surface area contributed by atoms with Gasteiger partial charge in [-0.3, -0.25) is 0 Å². The van der Waals surface area contributed by atoms with E-state index in [0.717, 1.165) is 0 Å². The summed E-state index contributed by atoms with van der Waals surface area (Å²) < 4.78 is 0. The first kappa shape index (κ1) is 10.5. The van der Waals surface area contributed by atoms with E-state index in [4.69, 9.17) is 0 Å². The molecule has 0 saturated heterocycles. The summed E-state index contributed by atoms with van der Waals surface area (Å²) >= 11 is 0. The zero-order chi connectivity index (χ0) is 10.1. The van der Waals surface area contributed by atoms with Crippen LogP contribution < -0.4 is 0 Å². The lowest BCUT2D eigenvalue weighted by molar-refractivity contribution is 0.278. The van der Waals surface area contributed by atoms with E-state index in [0.29, 0.717) is 12.0 Å². The molecule has 74 valence electrons. The summed E-state index contributed by atoms with van der Waals surface area (Å²) in [5.41, 5.74) is 0.253. The Labute approximate surface area is 82.1 Å². The molecule has 1 nitrogen and oxygen atoms in total. The van der Waals surface area contributed by atoms with Crippen molar-refractivity contribution in [2.24, 2.45) is 11.3 Å². The van der Waals surface area contributed by atoms with Crippen molar-refractivity contribution in [3.8, 4) is 0 Å². The number of hydrogen-bond acceptors (Lipinski definition) is 1. The standard InChI is InChI=1S/C12H21N/c1-10(13(4)5)11-6-8-12(2,3)9-7-11/h6-11H,1-5H3. The van der Waals surface area contributed by atoms with Crippen molar-refractivity contribution in [2.75, 3.05) is 14.1 Å². The number of rotatable bonds is 2. The van der Waals surface area contributed by atoms with Crippen molar-refractivity contribution in [2.45, 2.75) is 26.8 Å². The molecule has 0 aliphatic heterocycles. The predicted molar refractivity (Wildman–Crippen MR) is 58.7 cm³/mol. The van der Waals surface area contributed by atoms with Crippen LogP contribution in [0.4, 0.5) is 0 Å². The lowest BCUT2D eigenvalue weighted by atomic mass is 9.83. The Bertz CT molecular complexity index is 207. The van der Waals surface area contributed by atoms with Gasteiger partial charge in [-0.1, -0.05) is 38.2 Å². The van der Waals surface area contributed by atoms with Crippen LogP contribution in [0.5, 0.6) is 0 Å². The van der Waals surface area contributed by atoms with E-state index in [9.17, 15) is 0 Å². The third kappa shape index (κ3) is 2.70. The SMILES string of the molecule is CC(C1C=CC(C)(C)C=C1)N(C)C. The molecule has 1 unspecified atom stereocenters. The Morgan fingerprint density at radius 3 is 2.00 bits per heavy atom. The van der Waals surface area contributed by atoms with Crippen molar-refractivity contribution in [1.82, 2.24) is 4.90 Å². The molecule has 0 N–H and O–H groups in total. The molecular formula is C12H21N. The van der Waals surface area contributed by atoms with Gasteiger partial charge in [0.2, 0.25) is 0 Å². The molecule has 0 aromatic rings. The van der Waals surface area contributed by atoms with Crippen molar-refractivity contribution >= 4 is 0 Å². The first-order valence-corrected chi connectivity index (χ1v) is 4.97. The summed E-state index contributed by atoms with van der Waals surface area (Å²) in [5, 5.41) is 0. The minimum absolute atomic E-state index is 0.253. The second-order valence-electron chi connectivity index (χ2n) is 4.82. The van der Waals surface area contributed by atoms with Gasteiger partial charge in [0, 0.05) is 17.4 Å². The summed E-state index contributed by atoms with van der Waals surface area (Å²) in [6.07, 6.45) is 9.25. The fraction of sp³-hybridized carbons (Fsp3) is 0.667. The van der Waals surface area contributed by atoms with Gasteiger partial charge in [-0.25, -0.2) is 0 Å². The smallest absolute Gasteiger partial charge is 0.0158 e. The van der Waals surface area contributed by atoms with Crippen LogP contribution in [0.15, 0.2) is 24.3 Å². The molecule has 0 heterocycles. The lowest BCUT2D eigenvalue weighted by Gasteiger charge is -2.29. The average Bonchev–Trinajstić information content (AvgIpc) is 2.03. The summed E-state index contributed by atoms with van der Waals surface area (Å²) in [7, 11) is 4.26. The van der Waals surface area contributed by atoms with E-state index in [-0.39, 0.29) is 5.41 Å². The van der Waals surface area contributed by atoms with Crippen molar-refractivity contribution < 1.29 is 0 Å². The van der Waals surface area contributed by atoms with Gasteiger partial charge in [-0.05, 0) is 21.0 Å². The minimum Gasteiger partial charge on any atom is -0.306 e. The summed E-state index contributed by atoms with van der Waals surface area (Å²) in [5.74, 6) is 0.572. The second kappa shape index (κ2) is 3.67. The number of nitrogens with zero attached hydrogens (tertiary/aromatic N) is 1. The molecule has 0 spiro atoms. The second-order valence-corrected chi connectivity index (χ2v) is 4.82. The lowest BCUT2D eigenvalue weighted by Crippen LogP contribution is -2.31. The molecule has 1 aliphatic carbocycles. The highest BCUT2D eigenvalue weighted by Crippen LogP contribution is 2.27. The molecule has 0 fully saturated rings. The van der Waals surface area contributed by atoms with Crippen molar-refractivity contribution in [1.29, 1.82) is 0 Å². The first-order chi connectivity index (χ1) is 5.92. The Morgan fingerprint density at radius 2 is 1.62 bits per heavy atom. The Morgan fingerprint density at radius 1 is 1.15 bits per heavy atom. The van der Waals surface area contributed by atoms with Crippen LogP contribution in [0.1, 0.15) is 20.8 Å². The van der Waals surface area contributed by atoms with Gasteiger partial charge in [0.05, 0.1) is 0 Å². The maximum absolute atomic E-state index is 2.32. The molecule has 1 atom stereocenters.